The molecule has 1 heterocycles. The van der Waals surface area contributed by atoms with Crippen LogP contribution >= 0.6 is 0 Å². The number of aliphatic hydroxyl groups is 1. The van der Waals surface area contributed by atoms with Gasteiger partial charge in [-0.15, -0.1) is 0 Å². The van der Waals surface area contributed by atoms with Crippen LogP contribution in [0.2, 0.25) is 0 Å². The Hall–Kier alpha value is -2.22. The fraction of sp³-hybridized carbons (Fsp3) is 0.400. The average Bonchev–Trinajstić information content (AvgIpc) is 2.37. The van der Waals surface area contributed by atoms with Crippen LogP contribution in [0.15, 0.2) is 18.3 Å². The van der Waals surface area contributed by atoms with Crippen molar-refractivity contribution in [3.05, 3.63) is 24.0 Å². The first-order chi connectivity index (χ1) is 8.59. The van der Waals surface area contributed by atoms with E-state index >= 15 is 0 Å². The van der Waals surface area contributed by atoms with Crippen LogP contribution in [-0.2, 0) is 11.3 Å². The van der Waals surface area contributed by atoms with Crippen LogP contribution in [0, 0.1) is 0 Å². The molecular formula is C10H14N4O4. The molecule has 0 saturated carbocycles. The number of aliphatic hydroxyl groups excluding tert-OH is 1. The summed E-state index contributed by atoms with van der Waals surface area (Å²) in [5.74, 6) is -1.31. The molecule has 0 saturated heterocycles. The number of aliphatic carboxylic acids is 1. The van der Waals surface area contributed by atoms with Crippen LogP contribution in [0.1, 0.15) is 12.1 Å². The van der Waals surface area contributed by atoms with Gasteiger partial charge in [0, 0.05) is 19.2 Å². The lowest BCUT2D eigenvalue weighted by atomic mass is 10.2. The largest absolute Gasteiger partial charge is 0.479 e. The van der Waals surface area contributed by atoms with Crippen molar-refractivity contribution in [2.45, 2.75) is 19.1 Å². The van der Waals surface area contributed by atoms with Gasteiger partial charge >= 0.3 is 12.0 Å². The third-order valence-corrected chi connectivity index (χ3v) is 2.05. The fourth-order valence-corrected chi connectivity index (χ4v) is 1.11. The smallest absolute Gasteiger partial charge is 0.332 e. The molecule has 0 aromatic carbocycles. The Kier molecular flexibility index (Phi) is 5.52. The maximum atomic E-state index is 11.3. The summed E-state index contributed by atoms with van der Waals surface area (Å²) in [6, 6.07) is 2.95. The molecule has 1 aromatic rings. The van der Waals surface area contributed by atoms with Crippen molar-refractivity contribution in [1.29, 1.82) is 0 Å². The summed E-state index contributed by atoms with van der Waals surface area (Å²) >= 11 is 0. The highest BCUT2D eigenvalue weighted by Crippen LogP contribution is 1.91. The number of carboxylic acids is 1. The molecule has 0 aliphatic rings. The molecule has 0 bridgehead atoms. The van der Waals surface area contributed by atoms with Crippen molar-refractivity contribution in [3.8, 4) is 0 Å². The second kappa shape index (κ2) is 7.17. The molecule has 0 unspecified atom stereocenters. The zero-order chi connectivity index (χ0) is 13.4. The van der Waals surface area contributed by atoms with E-state index in [1.165, 1.54) is 6.20 Å². The van der Waals surface area contributed by atoms with E-state index in [1.807, 2.05) is 0 Å². The van der Waals surface area contributed by atoms with Gasteiger partial charge in [0.2, 0.25) is 0 Å². The number of amides is 2. The maximum absolute atomic E-state index is 11.3. The molecule has 0 aliphatic heterocycles. The first kappa shape index (κ1) is 13.8. The lowest BCUT2D eigenvalue weighted by Gasteiger charge is -2.08. The van der Waals surface area contributed by atoms with E-state index in [4.69, 9.17) is 10.2 Å². The molecule has 98 valence electrons. The van der Waals surface area contributed by atoms with Crippen LogP contribution in [-0.4, -0.2) is 45.1 Å². The summed E-state index contributed by atoms with van der Waals surface area (Å²) in [6.45, 7) is 0.293. The van der Waals surface area contributed by atoms with Gasteiger partial charge in [0.15, 0.2) is 6.10 Å². The van der Waals surface area contributed by atoms with E-state index in [9.17, 15) is 9.59 Å². The number of carbonyl (C=O) groups excluding carboxylic acids is 1. The van der Waals surface area contributed by atoms with Gasteiger partial charge in [-0.2, -0.15) is 10.2 Å². The highest BCUT2D eigenvalue weighted by molar-refractivity contribution is 5.74. The van der Waals surface area contributed by atoms with Gasteiger partial charge in [-0.1, -0.05) is 0 Å². The van der Waals surface area contributed by atoms with Crippen LogP contribution < -0.4 is 10.6 Å². The first-order valence-corrected chi connectivity index (χ1v) is 5.28. The Labute approximate surface area is 103 Å². The van der Waals surface area contributed by atoms with Gasteiger partial charge in [0.05, 0.1) is 12.2 Å². The summed E-state index contributed by atoms with van der Waals surface area (Å²) in [5, 5.41) is 29.7. The van der Waals surface area contributed by atoms with E-state index in [2.05, 4.69) is 20.8 Å². The Morgan fingerprint density at radius 2 is 2.17 bits per heavy atom. The second-order valence-corrected chi connectivity index (χ2v) is 3.47. The number of rotatable bonds is 6. The molecule has 1 rings (SSSR count). The predicted octanol–water partition coefficient (Wildman–Crippen LogP) is -0.889. The van der Waals surface area contributed by atoms with Crippen LogP contribution in [0.25, 0.3) is 0 Å². The number of nitrogens with zero attached hydrogens (tertiary/aromatic N) is 2. The second-order valence-electron chi connectivity index (χ2n) is 3.47. The highest BCUT2D eigenvalue weighted by atomic mass is 16.4. The zero-order valence-corrected chi connectivity index (χ0v) is 9.54. The zero-order valence-electron chi connectivity index (χ0n) is 9.54. The Bertz CT molecular complexity index is 398. The lowest BCUT2D eigenvalue weighted by molar-refractivity contribution is -0.146. The molecule has 4 N–H and O–H groups in total. The monoisotopic (exact) mass is 254 g/mol. The fourth-order valence-electron chi connectivity index (χ4n) is 1.11. The van der Waals surface area contributed by atoms with E-state index in [1.54, 1.807) is 12.1 Å². The molecule has 1 atom stereocenters. The van der Waals surface area contributed by atoms with E-state index < -0.39 is 18.1 Å². The van der Waals surface area contributed by atoms with E-state index in [-0.39, 0.29) is 19.5 Å². The van der Waals surface area contributed by atoms with Gasteiger partial charge in [0.1, 0.15) is 0 Å². The first-order valence-electron chi connectivity index (χ1n) is 5.28. The minimum atomic E-state index is -1.47. The van der Waals surface area contributed by atoms with E-state index in [0.717, 1.165) is 0 Å². The van der Waals surface area contributed by atoms with Crippen LogP contribution in [0.5, 0.6) is 0 Å². The van der Waals surface area contributed by atoms with Crippen LogP contribution in [0.4, 0.5) is 4.79 Å². The van der Waals surface area contributed by atoms with Crippen molar-refractivity contribution in [2.75, 3.05) is 6.54 Å². The van der Waals surface area contributed by atoms with Gasteiger partial charge in [0.25, 0.3) is 0 Å². The van der Waals surface area contributed by atoms with Gasteiger partial charge in [-0.05, 0) is 12.1 Å². The number of carboxylic acid groups (broad SMARTS) is 1. The molecule has 8 heteroatoms. The number of hydrogen-bond donors (Lipinski definition) is 4. The number of carbonyl (C=O) groups is 2. The lowest BCUT2D eigenvalue weighted by Crippen LogP contribution is -2.37. The Balaban J connectivity index is 2.17. The molecule has 0 aliphatic carbocycles. The van der Waals surface area contributed by atoms with Gasteiger partial charge in [-0.25, -0.2) is 9.59 Å². The minimum absolute atomic E-state index is 0.0477. The van der Waals surface area contributed by atoms with Crippen molar-refractivity contribution in [1.82, 2.24) is 20.8 Å². The summed E-state index contributed by atoms with van der Waals surface area (Å²) < 4.78 is 0. The molecule has 0 fully saturated rings. The van der Waals surface area contributed by atoms with Crippen molar-refractivity contribution >= 4 is 12.0 Å². The quantitative estimate of drug-likeness (QED) is 0.522. The molecule has 1 aromatic heterocycles. The minimum Gasteiger partial charge on any atom is -0.479 e. The third kappa shape index (κ3) is 5.21. The van der Waals surface area contributed by atoms with Crippen LogP contribution in [0.3, 0.4) is 0 Å². The topological polar surface area (TPSA) is 124 Å². The average molecular weight is 254 g/mol. The number of aromatic nitrogens is 2. The van der Waals surface area contributed by atoms with Gasteiger partial charge in [-0.3, -0.25) is 0 Å². The number of nitrogens with one attached hydrogen (secondary N) is 2. The molecule has 8 nitrogen and oxygen atoms in total. The van der Waals surface area contributed by atoms with Crippen molar-refractivity contribution < 1.29 is 19.8 Å². The normalized spacial score (nSPS) is 11.6. The molecular weight excluding hydrogens is 240 g/mol. The van der Waals surface area contributed by atoms with Crippen molar-refractivity contribution in [2.24, 2.45) is 0 Å². The standard InChI is InChI=1S/C10H14N4O4/c15-8(9(16)17)3-5-11-10(18)12-6-7-2-1-4-13-14-7/h1-2,4,8,15H,3,5-6H2,(H,16,17)(H2,11,12,18)/t8-/m0/s1. The molecule has 0 radical (unpaired) electrons. The summed E-state index contributed by atoms with van der Waals surface area (Å²) in [4.78, 5) is 21.6. The molecule has 0 spiro atoms. The maximum Gasteiger partial charge on any atom is 0.332 e. The predicted molar refractivity (Wildman–Crippen MR) is 60.5 cm³/mol. The summed E-state index contributed by atoms with van der Waals surface area (Å²) in [7, 11) is 0. The van der Waals surface area contributed by atoms with Crippen molar-refractivity contribution in [3.63, 3.8) is 0 Å². The van der Waals surface area contributed by atoms with E-state index in [0.29, 0.717) is 5.69 Å². The molecule has 2 amide bonds. The number of urea groups is 1. The summed E-state index contributed by atoms with van der Waals surface area (Å²) in [5.41, 5.74) is 0.609. The SMILES string of the molecule is O=C(NCC[C@H](O)C(=O)O)NCc1cccnn1. The molecule has 18 heavy (non-hydrogen) atoms. The Morgan fingerprint density at radius 3 is 2.78 bits per heavy atom. The number of hydrogen-bond acceptors (Lipinski definition) is 5. The highest BCUT2D eigenvalue weighted by Gasteiger charge is 2.12. The van der Waals surface area contributed by atoms with Gasteiger partial charge < -0.3 is 20.8 Å². The third-order valence-electron chi connectivity index (χ3n) is 2.05. The Morgan fingerprint density at radius 1 is 1.39 bits per heavy atom. The summed E-state index contributed by atoms with van der Waals surface area (Å²) in [6.07, 6.45) is 0.00962.